The number of hydrogen-bond donors (Lipinski definition) is 1. The lowest BCUT2D eigenvalue weighted by Gasteiger charge is -2.25. The summed E-state index contributed by atoms with van der Waals surface area (Å²) in [5.74, 6) is 0.212. The highest BCUT2D eigenvalue weighted by Gasteiger charge is 2.17. The van der Waals surface area contributed by atoms with Gasteiger partial charge in [0.25, 0.3) is 0 Å². The molecule has 1 atom stereocenters. The fourth-order valence-corrected chi connectivity index (χ4v) is 2.38. The first-order valence-corrected chi connectivity index (χ1v) is 7.43. The van der Waals surface area contributed by atoms with E-state index in [9.17, 15) is 4.39 Å². The molecule has 2 nitrogen and oxygen atoms in total. The topological polar surface area (TPSA) is 25.2 Å². The summed E-state index contributed by atoms with van der Waals surface area (Å²) in [5.41, 5.74) is 2.00. The molecule has 0 saturated heterocycles. The minimum absolute atomic E-state index is 0.0594. The molecule has 2 rings (SSSR count). The van der Waals surface area contributed by atoms with Gasteiger partial charge < -0.3 is 9.73 Å². The molecule has 3 heteroatoms. The SMILES string of the molecule is CC(C)(C)NCC(Cc1ccoc1)Cc1ccccc1F. The van der Waals surface area contributed by atoms with Crippen LogP contribution in [0.15, 0.2) is 47.3 Å². The molecule has 1 N–H and O–H groups in total. The molecule has 0 radical (unpaired) electrons. The summed E-state index contributed by atoms with van der Waals surface area (Å²) in [7, 11) is 0. The van der Waals surface area contributed by atoms with Crippen molar-refractivity contribution in [2.45, 2.75) is 39.2 Å². The van der Waals surface area contributed by atoms with Crippen LogP contribution in [-0.2, 0) is 12.8 Å². The van der Waals surface area contributed by atoms with Gasteiger partial charge in [0.05, 0.1) is 12.5 Å². The van der Waals surface area contributed by atoms with Crippen LogP contribution >= 0.6 is 0 Å². The third kappa shape index (κ3) is 5.35. The highest BCUT2D eigenvalue weighted by molar-refractivity contribution is 5.19. The number of nitrogens with one attached hydrogen (secondary N) is 1. The summed E-state index contributed by atoms with van der Waals surface area (Å²) in [6.07, 6.45) is 5.06. The number of furan rings is 1. The Labute approximate surface area is 126 Å². The van der Waals surface area contributed by atoms with Crippen molar-refractivity contribution < 1.29 is 8.81 Å². The van der Waals surface area contributed by atoms with E-state index in [0.29, 0.717) is 5.92 Å². The van der Waals surface area contributed by atoms with Gasteiger partial charge in [0.1, 0.15) is 5.82 Å². The predicted octanol–water partition coefficient (Wildman–Crippen LogP) is 4.21. The van der Waals surface area contributed by atoms with Crippen LogP contribution in [0.4, 0.5) is 4.39 Å². The number of benzene rings is 1. The third-order valence-electron chi connectivity index (χ3n) is 3.49. The van der Waals surface area contributed by atoms with E-state index >= 15 is 0 Å². The Kier molecular flexibility index (Phi) is 5.18. The molecule has 0 aliphatic heterocycles. The maximum absolute atomic E-state index is 13.9. The van der Waals surface area contributed by atoms with Crippen molar-refractivity contribution in [2.24, 2.45) is 5.92 Å². The van der Waals surface area contributed by atoms with Crippen molar-refractivity contribution in [3.05, 3.63) is 59.8 Å². The molecule has 21 heavy (non-hydrogen) atoms. The average molecular weight is 289 g/mol. The van der Waals surface area contributed by atoms with Crippen LogP contribution in [0.3, 0.4) is 0 Å². The van der Waals surface area contributed by atoms with Gasteiger partial charge in [0.2, 0.25) is 0 Å². The zero-order valence-electron chi connectivity index (χ0n) is 13.0. The fourth-order valence-electron chi connectivity index (χ4n) is 2.38. The van der Waals surface area contributed by atoms with Crippen molar-refractivity contribution in [2.75, 3.05) is 6.54 Å². The van der Waals surface area contributed by atoms with E-state index in [-0.39, 0.29) is 11.4 Å². The quantitative estimate of drug-likeness (QED) is 0.862. The monoisotopic (exact) mass is 289 g/mol. The number of hydrogen-bond acceptors (Lipinski definition) is 2. The van der Waals surface area contributed by atoms with E-state index in [4.69, 9.17) is 4.42 Å². The van der Waals surface area contributed by atoms with Crippen molar-refractivity contribution in [1.29, 1.82) is 0 Å². The Morgan fingerprint density at radius 1 is 1.14 bits per heavy atom. The Morgan fingerprint density at radius 2 is 1.90 bits per heavy atom. The van der Waals surface area contributed by atoms with Crippen molar-refractivity contribution in [3.63, 3.8) is 0 Å². The van der Waals surface area contributed by atoms with Crippen LogP contribution in [-0.4, -0.2) is 12.1 Å². The molecule has 0 amide bonds. The Hall–Kier alpha value is -1.61. The van der Waals surface area contributed by atoms with Crippen LogP contribution < -0.4 is 5.32 Å². The number of rotatable bonds is 6. The summed E-state index contributed by atoms with van der Waals surface area (Å²) in [6, 6.07) is 9.00. The lowest BCUT2D eigenvalue weighted by molar-refractivity contribution is 0.364. The molecule has 0 fully saturated rings. The first-order valence-electron chi connectivity index (χ1n) is 7.43. The lowest BCUT2D eigenvalue weighted by atomic mass is 9.92. The molecule has 114 valence electrons. The Bertz CT molecular complexity index is 543. The second-order valence-corrected chi connectivity index (χ2v) is 6.63. The van der Waals surface area contributed by atoms with E-state index in [1.807, 2.05) is 18.2 Å². The van der Waals surface area contributed by atoms with Gasteiger partial charge in [-0.15, -0.1) is 0 Å². The Morgan fingerprint density at radius 3 is 2.52 bits per heavy atom. The lowest BCUT2D eigenvalue weighted by Crippen LogP contribution is -2.40. The average Bonchev–Trinajstić information content (AvgIpc) is 2.90. The molecule has 1 heterocycles. The molecule has 0 aliphatic rings. The summed E-state index contributed by atoms with van der Waals surface area (Å²) in [5, 5.41) is 3.52. The van der Waals surface area contributed by atoms with Crippen LogP contribution in [0.25, 0.3) is 0 Å². The second-order valence-electron chi connectivity index (χ2n) is 6.63. The van der Waals surface area contributed by atoms with E-state index in [1.165, 1.54) is 6.07 Å². The minimum atomic E-state index is -0.120. The largest absolute Gasteiger partial charge is 0.472 e. The van der Waals surface area contributed by atoms with Gasteiger partial charge in [-0.25, -0.2) is 4.39 Å². The molecule has 0 saturated carbocycles. The van der Waals surface area contributed by atoms with Gasteiger partial charge in [-0.05, 0) is 69.3 Å². The predicted molar refractivity (Wildman–Crippen MR) is 83.8 cm³/mol. The standard InChI is InChI=1S/C18H24FNO/c1-18(2,3)20-12-15(10-14-8-9-21-13-14)11-16-6-4-5-7-17(16)19/h4-9,13,15,20H,10-12H2,1-3H3. The van der Waals surface area contributed by atoms with Crippen LogP contribution in [0.1, 0.15) is 31.9 Å². The smallest absolute Gasteiger partial charge is 0.126 e. The van der Waals surface area contributed by atoms with E-state index in [0.717, 1.165) is 30.5 Å². The normalized spacial score (nSPS) is 13.3. The molecule has 1 unspecified atom stereocenters. The fraction of sp³-hybridized carbons (Fsp3) is 0.444. The molecule has 1 aromatic heterocycles. The molecule has 0 aliphatic carbocycles. The summed E-state index contributed by atoms with van der Waals surface area (Å²) < 4.78 is 19.0. The molecule has 0 spiro atoms. The number of halogens is 1. The maximum Gasteiger partial charge on any atom is 0.126 e. The summed E-state index contributed by atoms with van der Waals surface area (Å²) >= 11 is 0. The highest BCUT2D eigenvalue weighted by Crippen LogP contribution is 2.18. The van der Waals surface area contributed by atoms with Crippen LogP contribution in [0, 0.1) is 11.7 Å². The van der Waals surface area contributed by atoms with Crippen molar-refractivity contribution >= 4 is 0 Å². The molecular weight excluding hydrogens is 265 g/mol. The van der Waals surface area contributed by atoms with Crippen LogP contribution in [0.5, 0.6) is 0 Å². The molecule has 1 aromatic carbocycles. The Balaban J connectivity index is 2.06. The first kappa shape index (κ1) is 15.8. The van der Waals surface area contributed by atoms with E-state index in [2.05, 4.69) is 26.1 Å². The molecule has 0 bridgehead atoms. The molecule has 2 aromatic rings. The summed E-state index contributed by atoms with van der Waals surface area (Å²) in [4.78, 5) is 0. The van der Waals surface area contributed by atoms with Gasteiger partial charge in [-0.2, -0.15) is 0 Å². The summed E-state index contributed by atoms with van der Waals surface area (Å²) in [6.45, 7) is 7.28. The van der Waals surface area contributed by atoms with Crippen molar-refractivity contribution in [1.82, 2.24) is 5.32 Å². The van der Waals surface area contributed by atoms with Gasteiger partial charge in [-0.3, -0.25) is 0 Å². The van der Waals surface area contributed by atoms with Gasteiger partial charge >= 0.3 is 0 Å². The molecular formula is C18H24FNO. The van der Waals surface area contributed by atoms with Crippen LogP contribution in [0.2, 0.25) is 0 Å². The minimum Gasteiger partial charge on any atom is -0.472 e. The van der Waals surface area contributed by atoms with Crippen molar-refractivity contribution in [3.8, 4) is 0 Å². The van der Waals surface area contributed by atoms with Gasteiger partial charge in [-0.1, -0.05) is 18.2 Å². The third-order valence-corrected chi connectivity index (χ3v) is 3.49. The van der Waals surface area contributed by atoms with Gasteiger partial charge in [0.15, 0.2) is 0 Å². The zero-order valence-corrected chi connectivity index (χ0v) is 13.0. The zero-order chi connectivity index (χ0) is 15.3. The first-order chi connectivity index (χ1) is 9.94. The highest BCUT2D eigenvalue weighted by atomic mass is 19.1. The maximum atomic E-state index is 13.9. The van der Waals surface area contributed by atoms with E-state index < -0.39 is 0 Å². The van der Waals surface area contributed by atoms with Gasteiger partial charge in [0, 0.05) is 5.54 Å². The van der Waals surface area contributed by atoms with E-state index in [1.54, 1.807) is 18.6 Å². The second kappa shape index (κ2) is 6.90.